The van der Waals surface area contributed by atoms with Gasteiger partial charge in [-0.3, -0.25) is 9.59 Å². The van der Waals surface area contributed by atoms with Gasteiger partial charge in [0.15, 0.2) is 6.29 Å². The molecule has 12 heteroatoms. The molecule has 1 amide bonds. The molecular weight excluding hydrogens is 537 g/mol. The smallest absolute Gasteiger partial charge is 0.312 e. The third-order valence-electron chi connectivity index (χ3n) is 6.05. The van der Waals surface area contributed by atoms with E-state index in [9.17, 15) is 45.6 Å². The Labute approximate surface area is 216 Å². The molecule has 0 saturated carbocycles. The number of halogens is 7. The van der Waals surface area contributed by atoms with Crippen LogP contribution in [0.2, 0.25) is 0 Å². The first-order valence-electron chi connectivity index (χ1n) is 10.8. The maximum absolute atomic E-state index is 13.7. The lowest BCUT2D eigenvalue weighted by atomic mass is 9.81. The second kappa shape index (κ2) is 9.87. The first-order valence-corrected chi connectivity index (χ1v) is 11.6. The lowest BCUT2D eigenvalue weighted by Crippen LogP contribution is -2.42. The molecule has 0 saturated heterocycles. The Morgan fingerprint density at radius 1 is 0.974 bits per heavy atom. The van der Waals surface area contributed by atoms with Crippen LogP contribution in [-0.2, 0) is 22.6 Å². The lowest BCUT2D eigenvalue weighted by molar-refractivity contribution is -0.143. The van der Waals surface area contributed by atoms with Gasteiger partial charge in [0.1, 0.15) is 11.9 Å². The first kappa shape index (κ1) is 28.8. The topological polar surface area (TPSA) is 61.2 Å². The van der Waals surface area contributed by atoms with Crippen LogP contribution in [0.5, 0.6) is 0 Å². The third kappa shape index (κ3) is 5.29. The Hall–Kier alpha value is -3.72. The van der Waals surface area contributed by atoms with Crippen LogP contribution in [0.25, 0.3) is 10.4 Å². The summed E-state index contributed by atoms with van der Waals surface area (Å²) in [7, 11) is 1.20. The number of aldehydes is 1. The van der Waals surface area contributed by atoms with Gasteiger partial charge < -0.3 is 4.90 Å². The minimum atomic E-state index is -5.12. The van der Waals surface area contributed by atoms with Crippen LogP contribution >= 0.6 is 11.3 Å². The van der Waals surface area contributed by atoms with Crippen LogP contribution < -0.4 is 4.90 Å². The summed E-state index contributed by atoms with van der Waals surface area (Å²) >= 11 is 0.843. The summed E-state index contributed by atoms with van der Waals surface area (Å²) < 4.78 is 94.3. The molecule has 3 rings (SSSR count). The number of alkyl halides is 6. The van der Waals surface area contributed by atoms with Gasteiger partial charge in [-0.05, 0) is 67.8 Å². The van der Waals surface area contributed by atoms with Crippen molar-refractivity contribution in [1.29, 1.82) is 5.26 Å². The van der Waals surface area contributed by atoms with Crippen LogP contribution in [0.3, 0.4) is 0 Å². The zero-order valence-electron chi connectivity index (χ0n) is 20.3. The summed E-state index contributed by atoms with van der Waals surface area (Å²) in [6.45, 7) is 3.87. The van der Waals surface area contributed by atoms with Crippen molar-refractivity contribution in [3.05, 3.63) is 74.9 Å². The van der Waals surface area contributed by atoms with Crippen molar-refractivity contribution in [3.8, 4) is 16.5 Å². The van der Waals surface area contributed by atoms with E-state index in [1.54, 1.807) is 6.92 Å². The maximum Gasteiger partial charge on any atom is 0.416 e. The molecule has 0 N–H and O–H groups in total. The molecule has 0 aliphatic heterocycles. The van der Waals surface area contributed by atoms with Crippen LogP contribution in [-0.4, -0.2) is 19.2 Å². The molecule has 0 unspecified atom stereocenters. The molecule has 1 heterocycles. The highest BCUT2D eigenvalue weighted by Crippen LogP contribution is 2.45. The first-order chi connectivity index (χ1) is 17.4. The van der Waals surface area contributed by atoms with E-state index >= 15 is 0 Å². The van der Waals surface area contributed by atoms with E-state index in [-0.39, 0.29) is 27.1 Å². The summed E-state index contributed by atoms with van der Waals surface area (Å²) in [6.07, 6.45) is -9.84. The van der Waals surface area contributed by atoms with Gasteiger partial charge in [0.2, 0.25) is 5.91 Å². The highest BCUT2D eigenvalue weighted by molar-refractivity contribution is 7.18. The normalized spacial score (nSPS) is 12.3. The Balaban J connectivity index is 2.23. The molecule has 0 radical (unpaired) electrons. The minimum Gasteiger partial charge on any atom is -0.312 e. The van der Waals surface area contributed by atoms with Crippen molar-refractivity contribution in [2.75, 3.05) is 11.9 Å². The van der Waals surface area contributed by atoms with Crippen molar-refractivity contribution in [2.45, 2.75) is 38.5 Å². The number of carbonyl (C=O) groups excluding carboxylic acids is 2. The molecular formula is C26H19F7N2O2S. The predicted molar refractivity (Wildman–Crippen MR) is 127 cm³/mol. The number of hydrogen-bond donors (Lipinski definition) is 0. The van der Waals surface area contributed by atoms with Gasteiger partial charge in [0.05, 0.1) is 37.5 Å². The second-order valence-corrected chi connectivity index (χ2v) is 10.0. The monoisotopic (exact) mass is 556 g/mol. The molecule has 2 aromatic carbocycles. The van der Waals surface area contributed by atoms with Crippen molar-refractivity contribution < 1.29 is 40.3 Å². The van der Waals surface area contributed by atoms with Crippen molar-refractivity contribution >= 4 is 29.2 Å². The zero-order chi connectivity index (χ0) is 28.8. The van der Waals surface area contributed by atoms with Crippen LogP contribution in [0.4, 0.5) is 36.4 Å². The fraction of sp³-hybridized carbons (Fsp3) is 0.269. The van der Waals surface area contributed by atoms with Gasteiger partial charge in [-0.2, -0.15) is 31.6 Å². The number of amides is 1. The molecule has 4 nitrogen and oxygen atoms in total. The average molecular weight is 557 g/mol. The Morgan fingerprint density at radius 3 is 1.95 bits per heavy atom. The number of rotatable bonds is 5. The van der Waals surface area contributed by atoms with Crippen LogP contribution in [0.15, 0.2) is 36.4 Å². The highest BCUT2D eigenvalue weighted by atomic mass is 32.1. The second-order valence-electron chi connectivity index (χ2n) is 8.99. The van der Waals surface area contributed by atoms with E-state index in [1.165, 1.54) is 19.2 Å². The number of nitriles is 1. The number of anilines is 1. The predicted octanol–water partition coefficient (Wildman–Crippen LogP) is 7.53. The standard InChI is InChI=1S/C26H19F7N2O2S/c1-13-7-17(27)5-6-18(13)22-21(19(11-34)20(12-36)38-22)35(4)23(37)24(2,3)14-8-15(25(28,29)30)10-16(9-14)26(31,32)33/h5-10,12H,1-4H3. The van der Waals surface area contributed by atoms with E-state index in [1.807, 2.05) is 6.07 Å². The summed E-state index contributed by atoms with van der Waals surface area (Å²) in [5, 5.41) is 9.76. The summed E-state index contributed by atoms with van der Waals surface area (Å²) in [5.74, 6) is -1.51. The lowest BCUT2D eigenvalue weighted by Gasteiger charge is -2.31. The number of thiophene rings is 1. The number of carbonyl (C=O) groups is 2. The van der Waals surface area contributed by atoms with Gasteiger partial charge in [-0.25, -0.2) is 4.39 Å². The molecule has 0 spiro atoms. The number of likely N-dealkylation sites (N-methyl/N-ethyl adjacent to an activating group) is 1. The van der Waals surface area contributed by atoms with Gasteiger partial charge in [0, 0.05) is 7.05 Å². The van der Waals surface area contributed by atoms with Gasteiger partial charge in [-0.15, -0.1) is 11.3 Å². The molecule has 0 fully saturated rings. The maximum atomic E-state index is 13.7. The molecule has 0 aliphatic carbocycles. The quantitative estimate of drug-likeness (QED) is 0.241. The molecule has 3 aromatic rings. The molecule has 0 bridgehead atoms. The van der Waals surface area contributed by atoms with E-state index in [4.69, 9.17) is 0 Å². The van der Waals surface area contributed by atoms with E-state index in [2.05, 4.69) is 0 Å². The van der Waals surface area contributed by atoms with E-state index < -0.39 is 46.2 Å². The molecule has 200 valence electrons. The largest absolute Gasteiger partial charge is 0.416 e. The van der Waals surface area contributed by atoms with Crippen molar-refractivity contribution in [2.24, 2.45) is 0 Å². The van der Waals surface area contributed by atoms with Gasteiger partial charge >= 0.3 is 12.4 Å². The zero-order valence-corrected chi connectivity index (χ0v) is 21.1. The van der Waals surface area contributed by atoms with Gasteiger partial charge in [-0.1, -0.05) is 6.07 Å². The Bertz CT molecular complexity index is 1430. The Morgan fingerprint density at radius 2 is 1.50 bits per heavy atom. The Kier molecular flexibility index (Phi) is 7.49. The highest BCUT2D eigenvalue weighted by Gasteiger charge is 2.42. The molecule has 1 aromatic heterocycles. The van der Waals surface area contributed by atoms with E-state index in [0.717, 1.165) is 36.2 Å². The van der Waals surface area contributed by atoms with Gasteiger partial charge in [0.25, 0.3) is 0 Å². The SMILES string of the molecule is Cc1cc(F)ccc1-c1sc(C=O)c(C#N)c1N(C)C(=O)C(C)(C)c1cc(C(F)(F)F)cc(C(F)(F)F)c1. The number of aryl methyl sites for hydroxylation is 1. The fourth-order valence-corrected chi connectivity index (χ4v) is 5.16. The fourth-order valence-electron chi connectivity index (χ4n) is 3.98. The van der Waals surface area contributed by atoms with Crippen LogP contribution in [0, 0.1) is 24.1 Å². The molecule has 38 heavy (non-hydrogen) atoms. The number of benzene rings is 2. The summed E-state index contributed by atoms with van der Waals surface area (Å²) in [6, 6.07) is 6.45. The van der Waals surface area contributed by atoms with E-state index in [0.29, 0.717) is 29.5 Å². The molecule has 0 atom stereocenters. The molecule has 0 aliphatic rings. The number of nitrogens with zero attached hydrogens (tertiary/aromatic N) is 2. The summed E-state index contributed by atoms with van der Waals surface area (Å²) in [4.78, 5) is 26.5. The summed E-state index contributed by atoms with van der Waals surface area (Å²) in [5.41, 5.74) is -5.16. The third-order valence-corrected chi connectivity index (χ3v) is 7.18. The van der Waals surface area contributed by atoms with Crippen molar-refractivity contribution in [3.63, 3.8) is 0 Å². The minimum absolute atomic E-state index is 0.0355. The number of hydrogen-bond acceptors (Lipinski definition) is 4. The van der Waals surface area contributed by atoms with Crippen molar-refractivity contribution in [1.82, 2.24) is 0 Å². The average Bonchev–Trinajstić information content (AvgIpc) is 3.20. The van der Waals surface area contributed by atoms with Crippen LogP contribution in [0.1, 0.15) is 51.3 Å².